The molecule has 2 aliphatic heterocycles. The van der Waals surface area contributed by atoms with E-state index in [0.717, 1.165) is 22.9 Å². The number of rotatable bonds is 0. The summed E-state index contributed by atoms with van der Waals surface area (Å²) >= 11 is 0. The second-order valence-corrected chi connectivity index (χ2v) is 5.51. The van der Waals surface area contributed by atoms with Gasteiger partial charge in [-0.05, 0) is 24.3 Å². The number of hydrogen-bond acceptors (Lipinski definition) is 4. The van der Waals surface area contributed by atoms with Crippen LogP contribution in [0.4, 0.5) is 11.4 Å². The molecule has 4 heteroatoms. The molecule has 0 bridgehead atoms. The van der Waals surface area contributed by atoms with Crippen LogP contribution in [0.25, 0.3) is 0 Å². The molecule has 0 radical (unpaired) electrons. The average molecular weight is 268 g/mol. The summed E-state index contributed by atoms with van der Waals surface area (Å²) in [6, 6.07) is 15.8. The van der Waals surface area contributed by atoms with E-state index in [-0.39, 0.29) is 0 Å². The van der Waals surface area contributed by atoms with Gasteiger partial charge in [0.25, 0.3) is 0 Å². The van der Waals surface area contributed by atoms with Gasteiger partial charge in [0.05, 0.1) is 11.4 Å². The van der Waals surface area contributed by atoms with E-state index in [9.17, 15) is 0 Å². The summed E-state index contributed by atoms with van der Waals surface area (Å²) in [6.45, 7) is 3.98. The molecule has 2 aromatic rings. The molecule has 2 heterocycles. The van der Waals surface area contributed by atoms with Crippen LogP contribution in [-0.4, -0.2) is 11.4 Å². The summed E-state index contributed by atoms with van der Waals surface area (Å²) in [4.78, 5) is 0. The molecule has 2 aromatic carbocycles. The number of ether oxygens (including phenoxy) is 2. The molecule has 0 saturated carbocycles. The molecule has 0 aliphatic carbocycles. The van der Waals surface area contributed by atoms with Gasteiger partial charge in [0.15, 0.2) is 0 Å². The molecule has 20 heavy (non-hydrogen) atoms. The lowest BCUT2D eigenvalue weighted by atomic mass is 9.96. The van der Waals surface area contributed by atoms with Crippen molar-refractivity contribution in [3.8, 4) is 11.5 Å². The molecular formula is C16H16N2O2. The van der Waals surface area contributed by atoms with Gasteiger partial charge in [-0.1, -0.05) is 24.3 Å². The van der Waals surface area contributed by atoms with Crippen LogP contribution < -0.4 is 20.1 Å². The number of fused-ring (bicyclic) bond motifs is 3. The maximum atomic E-state index is 6.18. The first-order valence-corrected chi connectivity index (χ1v) is 6.72. The van der Waals surface area contributed by atoms with Crippen molar-refractivity contribution in [1.82, 2.24) is 0 Å². The Labute approximate surface area is 117 Å². The second kappa shape index (κ2) is 3.60. The predicted molar refractivity (Wildman–Crippen MR) is 78.2 cm³/mol. The zero-order chi connectivity index (χ0) is 13.8. The van der Waals surface area contributed by atoms with E-state index in [4.69, 9.17) is 9.47 Å². The number of benzene rings is 2. The van der Waals surface area contributed by atoms with Crippen molar-refractivity contribution in [3.63, 3.8) is 0 Å². The van der Waals surface area contributed by atoms with E-state index < -0.39 is 11.4 Å². The largest absolute Gasteiger partial charge is 0.460 e. The van der Waals surface area contributed by atoms with Gasteiger partial charge in [0, 0.05) is 13.8 Å². The van der Waals surface area contributed by atoms with Crippen LogP contribution in [0.15, 0.2) is 48.5 Å². The van der Waals surface area contributed by atoms with Gasteiger partial charge in [0.2, 0.25) is 11.4 Å². The maximum Gasteiger partial charge on any atom is 0.236 e. The standard InChI is InChI=1S/C16H16N2O2/c1-15-16(2,18-12-8-4-5-9-13(12)19-15)20-14-10-6-3-7-11(14)17-15/h3-10,17-18H,1-2H3. The zero-order valence-corrected chi connectivity index (χ0v) is 11.4. The van der Waals surface area contributed by atoms with E-state index in [2.05, 4.69) is 10.6 Å². The van der Waals surface area contributed by atoms with E-state index in [1.807, 2.05) is 62.4 Å². The van der Waals surface area contributed by atoms with Crippen LogP contribution in [-0.2, 0) is 0 Å². The highest BCUT2D eigenvalue weighted by Crippen LogP contribution is 2.47. The van der Waals surface area contributed by atoms with Gasteiger partial charge < -0.3 is 20.1 Å². The fourth-order valence-corrected chi connectivity index (χ4v) is 2.76. The van der Waals surface area contributed by atoms with Crippen LogP contribution in [0.5, 0.6) is 11.5 Å². The van der Waals surface area contributed by atoms with E-state index in [1.54, 1.807) is 0 Å². The van der Waals surface area contributed by atoms with Crippen molar-refractivity contribution >= 4 is 11.4 Å². The molecule has 4 nitrogen and oxygen atoms in total. The van der Waals surface area contributed by atoms with Crippen molar-refractivity contribution in [2.75, 3.05) is 10.6 Å². The minimum absolute atomic E-state index is 0.685. The molecule has 0 aromatic heterocycles. The molecule has 4 rings (SSSR count). The number of para-hydroxylation sites is 4. The number of hydrogen-bond donors (Lipinski definition) is 2. The van der Waals surface area contributed by atoms with Crippen molar-refractivity contribution in [1.29, 1.82) is 0 Å². The lowest BCUT2D eigenvalue weighted by molar-refractivity contribution is -0.0769. The summed E-state index contributed by atoms with van der Waals surface area (Å²) in [5.74, 6) is 1.64. The van der Waals surface area contributed by atoms with Crippen molar-refractivity contribution in [2.45, 2.75) is 25.3 Å². The molecule has 2 aliphatic rings. The predicted octanol–water partition coefficient (Wildman–Crippen LogP) is 3.43. The smallest absolute Gasteiger partial charge is 0.236 e. The Kier molecular flexibility index (Phi) is 2.06. The number of nitrogens with one attached hydrogen (secondary N) is 2. The van der Waals surface area contributed by atoms with Gasteiger partial charge in [-0.2, -0.15) is 0 Å². The molecule has 0 amide bonds. The summed E-state index contributed by atoms with van der Waals surface area (Å²) in [5, 5.41) is 6.89. The van der Waals surface area contributed by atoms with Crippen LogP contribution in [0.2, 0.25) is 0 Å². The molecule has 2 atom stereocenters. The third kappa shape index (κ3) is 1.42. The first-order valence-electron chi connectivity index (χ1n) is 6.72. The van der Waals surface area contributed by atoms with Crippen LogP contribution in [0.1, 0.15) is 13.8 Å². The van der Waals surface area contributed by atoms with Gasteiger partial charge in [-0.25, -0.2) is 0 Å². The molecule has 2 N–H and O–H groups in total. The van der Waals surface area contributed by atoms with E-state index in [0.29, 0.717) is 0 Å². The minimum Gasteiger partial charge on any atom is -0.460 e. The van der Waals surface area contributed by atoms with Gasteiger partial charge in [0.1, 0.15) is 11.5 Å². The summed E-state index contributed by atoms with van der Waals surface area (Å²) in [5.41, 5.74) is 0.508. The van der Waals surface area contributed by atoms with E-state index >= 15 is 0 Å². The van der Waals surface area contributed by atoms with Gasteiger partial charge in [-0.15, -0.1) is 0 Å². The van der Waals surface area contributed by atoms with Crippen molar-refractivity contribution < 1.29 is 9.47 Å². The zero-order valence-electron chi connectivity index (χ0n) is 11.4. The third-order valence-corrected chi connectivity index (χ3v) is 4.06. The Morgan fingerprint density at radius 3 is 1.55 bits per heavy atom. The topological polar surface area (TPSA) is 42.5 Å². The Hall–Kier alpha value is -2.36. The molecule has 0 saturated heterocycles. The number of anilines is 2. The summed E-state index contributed by atoms with van der Waals surface area (Å²) < 4.78 is 12.4. The highest BCUT2D eigenvalue weighted by Gasteiger charge is 2.55. The van der Waals surface area contributed by atoms with Crippen LogP contribution in [0, 0.1) is 0 Å². The van der Waals surface area contributed by atoms with Crippen molar-refractivity contribution in [2.24, 2.45) is 0 Å². The normalized spacial score (nSPS) is 29.5. The summed E-state index contributed by atoms with van der Waals surface area (Å²) in [6.07, 6.45) is 0. The maximum absolute atomic E-state index is 6.18. The first kappa shape index (κ1) is 11.5. The Bertz CT molecular complexity index is 574. The monoisotopic (exact) mass is 268 g/mol. The SMILES string of the molecule is CC12Nc3ccccc3OC1(C)Nc1ccccc1O2. The lowest BCUT2D eigenvalue weighted by Crippen LogP contribution is -2.70. The Morgan fingerprint density at radius 2 is 1.10 bits per heavy atom. The molecule has 2 unspecified atom stereocenters. The van der Waals surface area contributed by atoms with Crippen molar-refractivity contribution in [3.05, 3.63) is 48.5 Å². The average Bonchev–Trinajstić information content (AvgIpc) is 2.42. The lowest BCUT2D eigenvalue weighted by Gasteiger charge is -2.53. The quantitative estimate of drug-likeness (QED) is 0.768. The highest BCUT2D eigenvalue weighted by molar-refractivity contribution is 5.66. The van der Waals surface area contributed by atoms with Gasteiger partial charge >= 0.3 is 0 Å². The molecular weight excluding hydrogens is 252 g/mol. The van der Waals surface area contributed by atoms with E-state index in [1.165, 1.54) is 0 Å². The summed E-state index contributed by atoms with van der Waals surface area (Å²) in [7, 11) is 0. The first-order chi connectivity index (χ1) is 9.60. The molecule has 0 fully saturated rings. The van der Waals surface area contributed by atoms with Crippen LogP contribution >= 0.6 is 0 Å². The van der Waals surface area contributed by atoms with Gasteiger partial charge in [-0.3, -0.25) is 0 Å². The fraction of sp³-hybridized carbons (Fsp3) is 0.250. The Morgan fingerprint density at radius 1 is 0.700 bits per heavy atom. The van der Waals surface area contributed by atoms with Crippen LogP contribution in [0.3, 0.4) is 0 Å². The molecule has 102 valence electrons. The Balaban J connectivity index is 1.83. The second-order valence-electron chi connectivity index (χ2n) is 5.51. The minimum atomic E-state index is -0.685. The third-order valence-electron chi connectivity index (χ3n) is 4.06. The fourth-order valence-electron chi connectivity index (χ4n) is 2.76. The highest BCUT2D eigenvalue weighted by atomic mass is 16.6. The molecule has 0 spiro atoms.